The lowest BCUT2D eigenvalue weighted by molar-refractivity contribution is -0.385. The van der Waals surface area contributed by atoms with Gasteiger partial charge in [-0.3, -0.25) is 14.9 Å². The van der Waals surface area contributed by atoms with Crippen LogP contribution in [0.2, 0.25) is 0 Å². The summed E-state index contributed by atoms with van der Waals surface area (Å²) in [4.78, 5) is 23.1. The van der Waals surface area contributed by atoms with E-state index in [0.29, 0.717) is 11.4 Å². The lowest BCUT2D eigenvalue weighted by Gasteiger charge is -2.30. The molecule has 0 aromatic heterocycles. The zero-order valence-corrected chi connectivity index (χ0v) is 12.7. The second-order valence-corrected chi connectivity index (χ2v) is 5.82. The van der Waals surface area contributed by atoms with Crippen LogP contribution in [0, 0.1) is 23.0 Å². The number of alkyl halides is 1. The zero-order chi connectivity index (χ0) is 15.4. The Bertz CT molecular complexity index is 548. The van der Waals surface area contributed by atoms with E-state index in [-0.39, 0.29) is 29.1 Å². The first kappa shape index (κ1) is 15.8. The first-order chi connectivity index (χ1) is 10.0. The highest BCUT2D eigenvalue weighted by atomic mass is 35.5. The summed E-state index contributed by atoms with van der Waals surface area (Å²) >= 11 is 5.95. The number of nitrogens with one attached hydrogen (secondary N) is 1. The minimum atomic E-state index is -0.496. The molecule has 0 aliphatic heterocycles. The first-order valence-electron chi connectivity index (χ1n) is 7.15. The maximum Gasteiger partial charge on any atom is 0.285 e. The van der Waals surface area contributed by atoms with Crippen LogP contribution in [0.4, 0.5) is 5.69 Å². The highest BCUT2D eigenvalue weighted by molar-refractivity contribution is 6.18. The molecule has 21 heavy (non-hydrogen) atoms. The largest absolute Gasteiger partial charge is 0.349 e. The van der Waals surface area contributed by atoms with Gasteiger partial charge in [0.05, 0.1) is 4.92 Å². The van der Waals surface area contributed by atoms with Gasteiger partial charge in [0.2, 0.25) is 0 Å². The van der Waals surface area contributed by atoms with Crippen LogP contribution in [0.15, 0.2) is 18.2 Å². The number of nitro groups is 1. The number of benzene rings is 1. The summed E-state index contributed by atoms with van der Waals surface area (Å²) in [6.45, 7) is 1.64. The molecule has 1 aliphatic carbocycles. The van der Waals surface area contributed by atoms with Crippen molar-refractivity contribution in [3.05, 3.63) is 39.4 Å². The topological polar surface area (TPSA) is 72.2 Å². The quantitative estimate of drug-likeness (QED) is 0.526. The van der Waals surface area contributed by atoms with Crippen LogP contribution in [0.1, 0.15) is 41.6 Å². The number of halogens is 1. The molecule has 0 spiro atoms. The number of nitrogens with zero attached hydrogens (tertiary/aromatic N) is 1. The van der Waals surface area contributed by atoms with Gasteiger partial charge in [0.1, 0.15) is 5.56 Å². The number of nitro benzene ring substituents is 1. The summed E-state index contributed by atoms with van der Waals surface area (Å²) in [6, 6.07) is 4.80. The van der Waals surface area contributed by atoms with E-state index in [2.05, 4.69) is 5.32 Å². The second kappa shape index (κ2) is 6.89. The van der Waals surface area contributed by atoms with Gasteiger partial charge < -0.3 is 5.32 Å². The van der Waals surface area contributed by atoms with Crippen LogP contribution in [-0.4, -0.2) is 22.8 Å². The molecule has 2 atom stereocenters. The summed E-state index contributed by atoms with van der Waals surface area (Å²) in [5.41, 5.74) is 0.498. The molecule has 1 N–H and O–H groups in total. The van der Waals surface area contributed by atoms with Crippen molar-refractivity contribution in [2.45, 2.75) is 38.6 Å². The van der Waals surface area contributed by atoms with Crippen LogP contribution in [0.25, 0.3) is 0 Å². The average Bonchev–Trinajstić information content (AvgIpc) is 2.47. The molecular formula is C15H19ClN2O3. The normalized spacial score (nSPS) is 21.8. The third-order valence-corrected chi connectivity index (χ3v) is 4.49. The number of carbonyl (C=O) groups is 1. The third kappa shape index (κ3) is 3.53. The van der Waals surface area contributed by atoms with Crippen LogP contribution in [0.3, 0.4) is 0 Å². The fraction of sp³-hybridized carbons (Fsp3) is 0.533. The fourth-order valence-corrected chi connectivity index (χ4v) is 3.28. The zero-order valence-electron chi connectivity index (χ0n) is 12.0. The predicted molar refractivity (Wildman–Crippen MR) is 81.8 cm³/mol. The van der Waals surface area contributed by atoms with E-state index in [0.717, 1.165) is 25.7 Å². The van der Waals surface area contributed by atoms with Gasteiger partial charge in [-0.2, -0.15) is 0 Å². The Morgan fingerprint density at radius 2 is 2.14 bits per heavy atom. The Balaban J connectivity index is 2.20. The molecule has 1 amide bonds. The van der Waals surface area contributed by atoms with Crippen LogP contribution in [-0.2, 0) is 0 Å². The molecule has 1 aromatic carbocycles. The molecule has 0 heterocycles. The molecule has 1 aromatic rings. The number of aryl methyl sites for hydroxylation is 1. The van der Waals surface area contributed by atoms with Gasteiger partial charge in [-0.1, -0.05) is 25.0 Å². The molecule has 6 heteroatoms. The summed E-state index contributed by atoms with van der Waals surface area (Å²) in [5.74, 6) is 0.363. The molecule has 5 nitrogen and oxygen atoms in total. The van der Waals surface area contributed by atoms with Gasteiger partial charge in [-0.15, -0.1) is 11.6 Å². The monoisotopic (exact) mass is 310 g/mol. The van der Waals surface area contributed by atoms with E-state index in [1.54, 1.807) is 19.1 Å². The molecule has 114 valence electrons. The van der Waals surface area contributed by atoms with Crippen molar-refractivity contribution < 1.29 is 9.72 Å². The van der Waals surface area contributed by atoms with E-state index in [1.165, 1.54) is 6.07 Å². The van der Waals surface area contributed by atoms with E-state index >= 15 is 0 Å². The van der Waals surface area contributed by atoms with E-state index < -0.39 is 4.92 Å². The van der Waals surface area contributed by atoms with Gasteiger partial charge in [-0.05, 0) is 31.7 Å². The lowest BCUT2D eigenvalue weighted by atomic mass is 9.85. The molecule has 0 radical (unpaired) electrons. The fourth-order valence-electron chi connectivity index (χ4n) is 2.91. The Morgan fingerprint density at radius 3 is 2.81 bits per heavy atom. The van der Waals surface area contributed by atoms with Gasteiger partial charge in [-0.25, -0.2) is 0 Å². The van der Waals surface area contributed by atoms with Gasteiger partial charge in [0, 0.05) is 17.5 Å². The number of carbonyl (C=O) groups excluding carboxylic acids is 1. The molecule has 1 fully saturated rings. The highest BCUT2D eigenvalue weighted by Gasteiger charge is 2.29. The SMILES string of the molecule is Cc1cccc(C(=O)NC2CCCCC2CCl)c1[N+](=O)[O-]. The maximum absolute atomic E-state index is 12.4. The van der Waals surface area contributed by atoms with Crippen molar-refractivity contribution >= 4 is 23.2 Å². The smallest absolute Gasteiger partial charge is 0.285 e. The Morgan fingerprint density at radius 1 is 1.43 bits per heavy atom. The number of amides is 1. The number of hydrogen-bond donors (Lipinski definition) is 1. The molecule has 0 bridgehead atoms. The molecular weight excluding hydrogens is 292 g/mol. The van der Waals surface area contributed by atoms with Crippen LogP contribution in [0.5, 0.6) is 0 Å². The molecule has 2 unspecified atom stereocenters. The number of rotatable bonds is 4. The van der Waals surface area contributed by atoms with Crippen molar-refractivity contribution in [3.63, 3.8) is 0 Å². The third-order valence-electron chi connectivity index (χ3n) is 4.09. The molecule has 2 rings (SSSR count). The van der Waals surface area contributed by atoms with E-state index in [9.17, 15) is 14.9 Å². The average molecular weight is 311 g/mol. The summed E-state index contributed by atoms with van der Waals surface area (Å²) < 4.78 is 0. The Kier molecular flexibility index (Phi) is 5.17. The minimum absolute atomic E-state index is 0.00358. The first-order valence-corrected chi connectivity index (χ1v) is 7.69. The summed E-state index contributed by atoms with van der Waals surface area (Å²) in [7, 11) is 0. The Labute approximate surface area is 128 Å². The van der Waals surface area contributed by atoms with Gasteiger partial charge in [0.15, 0.2) is 0 Å². The highest BCUT2D eigenvalue weighted by Crippen LogP contribution is 2.27. The lowest BCUT2D eigenvalue weighted by Crippen LogP contribution is -2.43. The van der Waals surface area contributed by atoms with E-state index in [1.807, 2.05) is 0 Å². The Hall–Kier alpha value is -1.62. The molecule has 0 saturated heterocycles. The van der Waals surface area contributed by atoms with Gasteiger partial charge in [0.25, 0.3) is 11.6 Å². The minimum Gasteiger partial charge on any atom is -0.349 e. The van der Waals surface area contributed by atoms with Crippen molar-refractivity contribution in [2.24, 2.45) is 5.92 Å². The van der Waals surface area contributed by atoms with Crippen LogP contribution >= 0.6 is 11.6 Å². The summed E-state index contributed by atoms with van der Waals surface area (Å²) in [6.07, 6.45) is 4.04. The van der Waals surface area contributed by atoms with Gasteiger partial charge >= 0.3 is 0 Å². The second-order valence-electron chi connectivity index (χ2n) is 5.51. The van der Waals surface area contributed by atoms with Crippen molar-refractivity contribution in [1.82, 2.24) is 5.32 Å². The van der Waals surface area contributed by atoms with Crippen LogP contribution < -0.4 is 5.32 Å². The standard InChI is InChI=1S/C15H19ClN2O3/c1-10-5-4-7-12(14(10)18(20)21)15(19)17-13-8-3-2-6-11(13)9-16/h4-5,7,11,13H,2-3,6,8-9H2,1H3,(H,17,19). The molecule has 1 saturated carbocycles. The maximum atomic E-state index is 12.4. The van der Waals surface area contributed by atoms with Crippen molar-refractivity contribution in [1.29, 1.82) is 0 Å². The number of hydrogen-bond acceptors (Lipinski definition) is 3. The summed E-state index contributed by atoms with van der Waals surface area (Å²) in [5, 5.41) is 14.1. The predicted octanol–water partition coefficient (Wildman–Crippen LogP) is 3.43. The van der Waals surface area contributed by atoms with Crippen molar-refractivity contribution in [3.8, 4) is 0 Å². The van der Waals surface area contributed by atoms with Crippen molar-refractivity contribution in [2.75, 3.05) is 5.88 Å². The molecule has 1 aliphatic rings. The van der Waals surface area contributed by atoms with E-state index in [4.69, 9.17) is 11.6 Å². The number of para-hydroxylation sites is 1.